The Labute approximate surface area is 156 Å². The Bertz CT molecular complexity index is 859. The number of nitrogens with zero attached hydrogens (tertiary/aromatic N) is 1. The van der Waals surface area contributed by atoms with E-state index in [-0.39, 0.29) is 23.9 Å². The van der Waals surface area contributed by atoms with Crippen LogP contribution in [-0.2, 0) is 11.4 Å². The predicted octanol–water partition coefficient (Wildman–Crippen LogP) is 2.56. The molecular weight excluding hydrogens is 348 g/mol. The summed E-state index contributed by atoms with van der Waals surface area (Å²) in [4.78, 5) is 43.5. The molecule has 0 saturated carbocycles. The number of ether oxygens (including phenoxy) is 1. The highest BCUT2D eigenvalue weighted by Gasteiger charge is 2.35. The van der Waals surface area contributed by atoms with Crippen LogP contribution in [0, 0.1) is 0 Å². The summed E-state index contributed by atoms with van der Waals surface area (Å²) in [5, 5.41) is 0. The lowest BCUT2D eigenvalue weighted by Crippen LogP contribution is -2.29. The van der Waals surface area contributed by atoms with E-state index in [0.29, 0.717) is 35.7 Å². The Hall–Kier alpha value is -3.19. The summed E-state index contributed by atoms with van der Waals surface area (Å²) in [6.07, 6.45) is 0. The van der Waals surface area contributed by atoms with Crippen LogP contribution in [0.1, 0.15) is 50.5 Å². The molecular formula is C20H20N2O5. The molecule has 0 atom stereocenters. The van der Waals surface area contributed by atoms with Crippen molar-refractivity contribution in [3.8, 4) is 5.75 Å². The number of nitrogens with one attached hydrogen (secondary N) is 1. The van der Waals surface area contributed by atoms with Crippen molar-refractivity contribution in [3.05, 3.63) is 64.7 Å². The van der Waals surface area contributed by atoms with Gasteiger partial charge in [0.25, 0.3) is 17.7 Å². The van der Waals surface area contributed by atoms with E-state index >= 15 is 0 Å². The van der Waals surface area contributed by atoms with E-state index in [4.69, 9.17) is 9.57 Å². The molecule has 0 aliphatic carbocycles. The van der Waals surface area contributed by atoms with Gasteiger partial charge in [-0.25, -0.2) is 5.48 Å². The van der Waals surface area contributed by atoms with Gasteiger partial charge >= 0.3 is 0 Å². The van der Waals surface area contributed by atoms with Crippen LogP contribution < -0.4 is 10.2 Å². The Balaban J connectivity index is 1.86. The van der Waals surface area contributed by atoms with Crippen LogP contribution in [0.5, 0.6) is 5.75 Å². The lowest BCUT2D eigenvalue weighted by atomic mass is 10.1. The Kier molecular flexibility index (Phi) is 5.52. The number of rotatable bonds is 7. The van der Waals surface area contributed by atoms with Gasteiger partial charge in [-0.15, -0.1) is 0 Å². The summed E-state index contributed by atoms with van der Waals surface area (Å²) < 4.78 is 5.49. The first-order chi connectivity index (χ1) is 13.1. The molecule has 27 heavy (non-hydrogen) atoms. The van der Waals surface area contributed by atoms with E-state index < -0.39 is 5.91 Å². The zero-order chi connectivity index (χ0) is 19.4. The van der Waals surface area contributed by atoms with Crippen molar-refractivity contribution >= 4 is 17.7 Å². The number of imide groups is 1. The molecule has 2 aromatic rings. The van der Waals surface area contributed by atoms with E-state index in [2.05, 4.69) is 5.48 Å². The topological polar surface area (TPSA) is 84.9 Å². The molecule has 0 bridgehead atoms. The van der Waals surface area contributed by atoms with Crippen LogP contribution >= 0.6 is 0 Å². The molecule has 1 N–H and O–H groups in total. The first-order valence-electron chi connectivity index (χ1n) is 8.69. The van der Waals surface area contributed by atoms with E-state index in [1.54, 1.807) is 49.4 Å². The van der Waals surface area contributed by atoms with Crippen molar-refractivity contribution in [1.82, 2.24) is 10.4 Å². The molecule has 1 heterocycles. The second-order valence-electron chi connectivity index (χ2n) is 5.87. The molecule has 0 radical (unpaired) electrons. The van der Waals surface area contributed by atoms with E-state index in [0.717, 1.165) is 0 Å². The summed E-state index contributed by atoms with van der Waals surface area (Å²) in [5.74, 6) is -0.736. The number of hydrogen-bond acceptors (Lipinski definition) is 5. The maximum atomic E-state index is 12.5. The van der Waals surface area contributed by atoms with Gasteiger partial charge in [0.2, 0.25) is 0 Å². The van der Waals surface area contributed by atoms with Crippen molar-refractivity contribution in [2.24, 2.45) is 0 Å². The van der Waals surface area contributed by atoms with Crippen LogP contribution in [0.15, 0.2) is 42.5 Å². The molecule has 1 aliphatic rings. The maximum Gasteiger partial charge on any atom is 0.278 e. The van der Waals surface area contributed by atoms with Crippen molar-refractivity contribution in [2.75, 3.05) is 13.2 Å². The van der Waals surface area contributed by atoms with E-state index in [1.165, 1.54) is 4.90 Å². The highest BCUT2D eigenvalue weighted by Crippen LogP contribution is 2.26. The molecule has 1 aliphatic heterocycles. The normalized spacial score (nSPS) is 12.9. The van der Waals surface area contributed by atoms with Crippen molar-refractivity contribution in [1.29, 1.82) is 0 Å². The van der Waals surface area contributed by atoms with Gasteiger partial charge in [0.15, 0.2) is 0 Å². The molecule has 3 amide bonds. The molecule has 0 spiro atoms. The molecule has 0 unspecified atom stereocenters. The van der Waals surface area contributed by atoms with Gasteiger partial charge in [0.1, 0.15) is 5.75 Å². The molecule has 0 fully saturated rings. The average molecular weight is 368 g/mol. The minimum atomic E-state index is -0.454. The molecule has 0 saturated heterocycles. The maximum absolute atomic E-state index is 12.5. The second-order valence-corrected chi connectivity index (χ2v) is 5.87. The SMILES string of the molecule is CCONC(=O)c1cc(CN2C(=O)c3ccccc3C2=O)ccc1OCC. The lowest BCUT2D eigenvalue weighted by Gasteiger charge is -2.16. The molecule has 7 nitrogen and oxygen atoms in total. The van der Waals surface area contributed by atoms with Gasteiger partial charge in [-0.05, 0) is 43.7 Å². The number of hydroxylamine groups is 1. The number of fused-ring (bicyclic) bond motifs is 1. The first kappa shape index (κ1) is 18.6. The third kappa shape index (κ3) is 3.68. The smallest absolute Gasteiger partial charge is 0.278 e. The van der Waals surface area contributed by atoms with E-state index in [1.807, 2.05) is 6.92 Å². The van der Waals surface area contributed by atoms with Gasteiger partial charge in [0, 0.05) is 0 Å². The van der Waals surface area contributed by atoms with Crippen LogP contribution in [0.4, 0.5) is 0 Å². The predicted molar refractivity (Wildman–Crippen MR) is 97.3 cm³/mol. The van der Waals surface area contributed by atoms with Crippen molar-refractivity contribution in [3.63, 3.8) is 0 Å². The summed E-state index contributed by atoms with van der Waals surface area (Å²) in [6.45, 7) is 4.35. The Morgan fingerprint density at radius 3 is 2.26 bits per heavy atom. The monoisotopic (exact) mass is 368 g/mol. The minimum Gasteiger partial charge on any atom is -0.493 e. The minimum absolute atomic E-state index is 0.0632. The summed E-state index contributed by atoms with van der Waals surface area (Å²) >= 11 is 0. The number of amides is 3. The Morgan fingerprint density at radius 2 is 1.67 bits per heavy atom. The van der Waals surface area contributed by atoms with Gasteiger partial charge in [-0.1, -0.05) is 18.2 Å². The standard InChI is InChI=1S/C20H20N2O5/c1-3-26-17-10-9-13(11-16(17)18(23)21-27-4-2)12-22-19(24)14-7-5-6-8-15(14)20(22)25/h5-11H,3-4,12H2,1-2H3,(H,21,23). The van der Waals surface area contributed by atoms with Crippen LogP contribution in [-0.4, -0.2) is 35.8 Å². The average Bonchev–Trinajstić information content (AvgIpc) is 2.92. The highest BCUT2D eigenvalue weighted by atomic mass is 16.6. The third-order valence-corrected chi connectivity index (χ3v) is 4.12. The first-order valence-corrected chi connectivity index (χ1v) is 8.69. The van der Waals surface area contributed by atoms with E-state index in [9.17, 15) is 14.4 Å². The fraction of sp³-hybridized carbons (Fsp3) is 0.250. The summed E-state index contributed by atoms with van der Waals surface area (Å²) in [5.41, 5.74) is 4.03. The second kappa shape index (κ2) is 8.01. The zero-order valence-electron chi connectivity index (χ0n) is 15.2. The summed E-state index contributed by atoms with van der Waals surface area (Å²) in [7, 11) is 0. The van der Waals surface area contributed by atoms with Gasteiger partial charge in [-0.3, -0.25) is 24.1 Å². The van der Waals surface area contributed by atoms with Crippen LogP contribution in [0.25, 0.3) is 0 Å². The Morgan fingerprint density at radius 1 is 1.00 bits per heavy atom. The molecule has 0 aromatic heterocycles. The molecule has 7 heteroatoms. The molecule has 140 valence electrons. The molecule has 2 aromatic carbocycles. The third-order valence-electron chi connectivity index (χ3n) is 4.12. The molecule has 3 rings (SSSR count). The van der Waals surface area contributed by atoms with Gasteiger partial charge in [-0.2, -0.15) is 0 Å². The zero-order valence-corrected chi connectivity index (χ0v) is 15.2. The fourth-order valence-corrected chi connectivity index (χ4v) is 2.89. The summed E-state index contributed by atoms with van der Waals surface area (Å²) in [6, 6.07) is 11.7. The number of carbonyl (C=O) groups excluding carboxylic acids is 3. The van der Waals surface area contributed by atoms with Crippen molar-refractivity contribution < 1.29 is 24.0 Å². The number of benzene rings is 2. The number of carbonyl (C=O) groups is 3. The van der Waals surface area contributed by atoms with Gasteiger partial charge < -0.3 is 4.74 Å². The highest BCUT2D eigenvalue weighted by molar-refractivity contribution is 6.21. The lowest BCUT2D eigenvalue weighted by molar-refractivity contribution is 0.0361. The quantitative estimate of drug-likeness (QED) is 0.600. The largest absolute Gasteiger partial charge is 0.493 e. The van der Waals surface area contributed by atoms with Crippen LogP contribution in [0.3, 0.4) is 0 Å². The van der Waals surface area contributed by atoms with Crippen LogP contribution in [0.2, 0.25) is 0 Å². The fourth-order valence-electron chi connectivity index (χ4n) is 2.89. The van der Waals surface area contributed by atoms with Crippen molar-refractivity contribution in [2.45, 2.75) is 20.4 Å². The van der Waals surface area contributed by atoms with Gasteiger partial charge in [0.05, 0.1) is 36.4 Å². The number of hydrogen-bond donors (Lipinski definition) is 1.